The highest BCUT2D eigenvalue weighted by molar-refractivity contribution is 6.30. The van der Waals surface area contributed by atoms with E-state index in [-0.39, 0.29) is 18.2 Å². The highest BCUT2D eigenvalue weighted by Crippen LogP contribution is 2.31. The van der Waals surface area contributed by atoms with Crippen LogP contribution in [0, 0.1) is 0 Å². The summed E-state index contributed by atoms with van der Waals surface area (Å²) in [5, 5.41) is 3.27. The zero-order valence-electron chi connectivity index (χ0n) is 12.8. The molecule has 8 heteroatoms. The van der Waals surface area contributed by atoms with E-state index in [2.05, 4.69) is 10.1 Å². The molecule has 1 aliphatic heterocycles. The van der Waals surface area contributed by atoms with E-state index in [4.69, 9.17) is 16.3 Å². The maximum Gasteiger partial charge on any atom is 0.573 e. The van der Waals surface area contributed by atoms with E-state index in [9.17, 15) is 18.0 Å². The Labute approximate surface area is 146 Å². The molecule has 0 saturated heterocycles. The van der Waals surface area contributed by atoms with Crippen molar-refractivity contribution in [3.63, 3.8) is 0 Å². The summed E-state index contributed by atoms with van der Waals surface area (Å²) in [5.74, 6) is 0.00942. The van der Waals surface area contributed by atoms with Gasteiger partial charge in [0.2, 0.25) is 0 Å². The van der Waals surface area contributed by atoms with Gasteiger partial charge in [-0.1, -0.05) is 23.7 Å². The first-order valence-electron chi connectivity index (χ1n) is 7.38. The molecule has 2 aromatic rings. The van der Waals surface area contributed by atoms with E-state index in [1.807, 2.05) is 0 Å². The topological polar surface area (TPSA) is 47.6 Å². The van der Waals surface area contributed by atoms with Crippen molar-refractivity contribution in [2.24, 2.45) is 0 Å². The lowest BCUT2D eigenvalue weighted by Crippen LogP contribution is -2.37. The molecule has 3 rings (SSSR count). The molecule has 1 heterocycles. The largest absolute Gasteiger partial charge is 0.573 e. The molecule has 1 unspecified atom stereocenters. The van der Waals surface area contributed by atoms with Gasteiger partial charge < -0.3 is 14.8 Å². The number of alkyl halides is 3. The highest BCUT2D eigenvalue weighted by Gasteiger charge is 2.31. The van der Waals surface area contributed by atoms with Gasteiger partial charge >= 0.3 is 6.36 Å². The quantitative estimate of drug-likeness (QED) is 0.887. The predicted molar refractivity (Wildman–Crippen MR) is 84.5 cm³/mol. The number of hydrogen-bond donors (Lipinski definition) is 1. The van der Waals surface area contributed by atoms with Crippen LogP contribution < -0.4 is 14.8 Å². The monoisotopic (exact) mass is 371 g/mol. The van der Waals surface area contributed by atoms with Gasteiger partial charge in [0.25, 0.3) is 5.91 Å². The zero-order chi connectivity index (χ0) is 18.0. The molecule has 1 aliphatic rings. The Balaban J connectivity index is 1.53. The summed E-state index contributed by atoms with van der Waals surface area (Å²) in [6.45, 7) is 0.169. The molecule has 4 nitrogen and oxygen atoms in total. The van der Waals surface area contributed by atoms with Crippen molar-refractivity contribution < 1.29 is 27.4 Å². The van der Waals surface area contributed by atoms with Gasteiger partial charge in [0, 0.05) is 18.0 Å². The number of amides is 1. The number of carbonyl (C=O) groups excluding carboxylic acids is 1. The van der Waals surface area contributed by atoms with E-state index >= 15 is 0 Å². The number of benzene rings is 2. The van der Waals surface area contributed by atoms with Crippen LogP contribution in [0.25, 0.3) is 0 Å². The molecule has 2 aromatic carbocycles. The Morgan fingerprint density at radius 2 is 1.96 bits per heavy atom. The van der Waals surface area contributed by atoms with Crippen molar-refractivity contribution in [1.29, 1.82) is 0 Å². The van der Waals surface area contributed by atoms with E-state index in [0.29, 0.717) is 22.8 Å². The number of carbonyl (C=O) groups is 1. The molecular formula is C17H13ClF3NO3. The summed E-state index contributed by atoms with van der Waals surface area (Å²) in [6, 6.07) is 10.4. The fourth-order valence-corrected chi connectivity index (χ4v) is 2.67. The van der Waals surface area contributed by atoms with Crippen LogP contribution in [0.15, 0.2) is 42.5 Å². The number of hydrogen-bond acceptors (Lipinski definition) is 3. The normalized spacial score (nSPS) is 16.1. The second-order valence-electron chi connectivity index (χ2n) is 5.47. The van der Waals surface area contributed by atoms with Crippen molar-refractivity contribution >= 4 is 17.5 Å². The smallest absolute Gasteiger partial charge is 0.480 e. The SMILES string of the molecule is O=C(NCc1ccc(OC(F)(F)F)cc1)C1Cc2cc(Cl)ccc2O1. The molecule has 1 N–H and O–H groups in total. The minimum atomic E-state index is -4.73. The first-order chi connectivity index (χ1) is 11.8. The minimum absolute atomic E-state index is 0.169. The Kier molecular flexibility index (Phi) is 4.76. The lowest BCUT2D eigenvalue weighted by molar-refractivity contribution is -0.274. The van der Waals surface area contributed by atoms with Gasteiger partial charge in [-0.05, 0) is 41.5 Å². The Morgan fingerprint density at radius 3 is 2.64 bits per heavy atom. The van der Waals surface area contributed by atoms with E-state index in [1.165, 1.54) is 24.3 Å². The summed E-state index contributed by atoms with van der Waals surface area (Å²) in [7, 11) is 0. The Hall–Kier alpha value is -2.41. The molecule has 1 amide bonds. The summed E-state index contributed by atoms with van der Waals surface area (Å²) < 4.78 is 45.7. The molecule has 0 aliphatic carbocycles. The zero-order valence-corrected chi connectivity index (χ0v) is 13.5. The second kappa shape index (κ2) is 6.84. The van der Waals surface area contributed by atoms with Crippen LogP contribution in [-0.4, -0.2) is 18.4 Å². The summed E-state index contributed by atoms with van der Waals surface area (Å²) in [6.07, 6.45) is -4.96. The molecule has 0 radical (unpaired) electrons. The van der Waals surface area contributed by atoms with E-state index < -0.39 is 12.5 Å². The van der Waals surface area contributed by atoms with Gasteiger partial charge in [0.1, 0.15) is 11.5 Å². The molecule has 0 spiro atoms. The van der Waals surface area contributed by atoms with Gasteiger partial charge in [0.05, 0.1) is 0 Å². The summed E-state index contributed by atoms with van der Waals surface area (Å²) in [4.78, 5) is 12.2. The predicted octanol–water partition coefficient (Wildman–Crippen LogP) is 3.86. The van der Waals surface area contributed by atoms with Crippen molar-refractivity contribution in [2.75, 3.05) is 0 Å². The Morgan fingerprint density at radius 1 is 1.24 bits per heavy atom. The number of halogens is 4. The van der Waals surface area contributed by atoms with Crippen LogP contribution in [-0.2, 0) is 17.8 Å². The second-order valence-corrected chi connectivity index (χ2v) is 5.91. The van der Waals surface area contributed by atoms with Crippen molar-refractivity contribution in [2.45, 2.75) is 25.4 Å². The van der Waals surface area contributed by atoms with Crippen molar-refractivity contribution in [3.05, 3.63) is 58.6 Å². The van der Waals surface area contributed by atoms with Crippen LogP contribution in [0.5, 0.6) is 11.5 Å². The molecular weight excluding hydrogens is 359 g/mol. The van der Waals surface area contributed by atoms with Crippen LogP contribution in [0.2, 0.25) is 5.02 Å². The fraction of sp³-hybridized carbons (Fsp3) is 0.235. The number of nitrogens with one attached hydrogen (secondary N) is 1. The molecule has 25 heavy (non-hydrogen) atoms. The van der Waals surface area contributed by atoms with Gasteiger partial charge in [-0.3, -0.25) is 4.79 Å². The molecule has 0 fully saturated rings. The molecule has 132 valence electrons. The number of fused-ring (bicyclic) bond motifs is 1. The first-order valence-corrected chi connectivity index (χ1v) is 7.75. The maximum atomic E-state index is 12.2. The molecule has 0 aromatic heterocycles. The van der Waals surface area contributed by atoms with Crippen molar-refractivity contribution in [1.82, 2.24) is 5.32 Å². The third kappa shape index (κ3) is 4.57. The average Bonchev–Trinajstić information content (AvgIpc) is 2.95. The third-order valence-electron chi connectivity index (χ3n) is 3.61. The molecule has 0 bridgehead atoms. The third-order valence-corrected chi connectivity index (χ3v) is 3.85. The van der Waals surface area contributed by atoms with Crippen LogP contribution >= 0.6 is 11.6 Å². The number of rotatable bonds is 4. The van der Waals surface area contributed by atoms with Gasteiger partial charge in [-0.15, -0.1) is 13.2 Å². The van der Waals surface area contributed by atoms with Crippen LogP contribution in [0.4, 0.5) is 13.2 Å². The summed E-state index contributed by atoms with van der Waals surface area (Å²) in [5.41, 5.74) is 1.50. The molecule has 0 saturated carbocycles. The maximum absolute atomic E-state index is 12.2. The highest BCUT2D eigenvalue weighted by atomic mass is 35.5. The van der Waals surface area contributed by atoms with Gasteiger partial charge in [0.15, 0.2) is 6.10 Å². The minimum Gasteiger partial charge on any atom is -0.480 e. The van der Waals surface area contributed by atoms with Crippen molar-refractivity contribution in [3.8, 4) is 11.5 Å². The number of ether oxygens (including phenoxy) is 2. The first kappa shape index (κ1) is 17.4. The lowest BCUT2D eigenvalue weighted by Gasteiger charge is -2.12. The Bertz CT molecular complexity index is 778. The standard InChI is InChI=1S/C17H13ClF3NO3/c18-12-3-6-14-11(7-12)8-15(24-14)16(23)22-9-10-1-4-13(5-2-10)25-17(19,20)21/h1-7,15H,8-9H2,(H,22,23). The summed E-state index contributed by atoms with van der Waals surface area (Å²) >= 11 is 5.91. The van der Waals surface area contributed by atoms with E-state index in [0.717, 1.165) is 5.56 Å². The van der Waals surface area contributed by atoms with Crippen LogP contribution in [0.3, 0.4) is 0 Å². The average molecular weight is 372 g/mol. The fourth-order valence-electron chi connectivity index (χ4n) is 2.48. The van der Waals surface area contributed by atoms with Crippen LogP contribution in [0.1, 0.15) is 11.1 Å². The van der Waals surface area contributed by atoms with E-state index in [1.54, 1.807) is 18.2 Å². The van der Waals surface area contributed by atoms with Gasteiger partial charge in [-0.2, -0.15) is 0 Å². The molecule has 1 atom stereocenters. The lowest BCUT2D eigenvalue weighted by atomic mass is 10.1. The van der Waals surface area contributed by atoms with Gasteiger partial charge in [-0.25, -0.2) is 0 Å².